The molecule has 0 radical (unpaired) electrons. The first kappa shape index (κ1) is 11.1. The normalized spacial score (nSPS) is 9.88. The summed E-state index contributed by atoms with van der Waals surface area (Å²) >= 11 is 0. The maximum atomic E-state index is 10.9. The van der Waals surface area contributed by atoms with Gasteiger partial charge in [-0.3, -0.25) is 4.79 Å². The number of nitrogens with zero attached hydrogens (tertiary/aromatic N) is 1. The highest BCUT2D eigenvalue weighted by atomic mass is 16.5. The van der Waals surface area contributed by atoms with Crippen molar-refractivity contribution in [2.75, 3.05) is 0 Å². The van der Waals surface area contributed by atoms with E-state index in [9.17, 15) is 4.79 Å². The van der Waals surface area contributed by atoms with Gasteiger partial charge in [-0.1, -0.05) is 24.3 Å². The maximum Gasteiger partial charge on any atom is 0.221 e. The third kappa shape index (κ3) is 3.04. The second-order valence-electron chi connectivity index (χ2n) is 3.52. The Labute approximate surface area is 99.1 Å². The average molecular weight is 228 g/mol. The number of amides is 1. The van der Waals surface area contributed by atoms with Crippen LogP contribution in [0.3, 0.4) is 0 Å². The minimum absolute atomic E-state index is 0.156. The predicted molar refractivity (Wildman–Crippen MR) is 63.7 cm³/mol. The molecule has 2 aromatic rings. The van der Waals surface area contributed by atoms with Gasteiger partial charge in [0.05, 0.1) is 6.42 Å². The highest BCUT2D eigenvalue weighted by Crippen LogP contribution is 2.23. The fourth-order valence-corrected chi connectivity index (χ4v) is 1.46. The summed E-state index contributed by atoms with van der Waals surface area (Å²) in [5.41, 5.74) is 5.93. The predicted octanol–water partition coefficient (Wildman–Crippen LogP) is 1.90. The molecule has 0 fully saturated rings. The number of nitrogens with two attached hydrogens (primary N) is 1. The number of ether oxygens (including phenoxy) is 1. The summed E-state index contributed by atoms with van der Waals surface area (Å²) in [6, 6.07) is 12.7. The molecule has 0 saturated heterocycles. The lowest BCUT2D eigenvalue weighted by atomic mass is 10.1. The number of hydrogen-bond donors (Lipinski definition) is 1. The van der Waals surface area contributed by atoms with Crippen LogP contribution in [0.25, 0.3) is 0 Å². The molecule has 0 atom stereocenters. The summed E-state index contributed by atoms with van der Waals surface area (Å²) in [5.74, 6) is 0.705. The van der Waals surface area contributed by atoms with Crippen molar-refractivity contribution in [3.8, 4) is 11.6 Å². The highest BCUT2D eigenvalue weighted by Gasteiger charge is 2.07. The molecule has 0 unspecified atom stereocenters. The molecular formula is C13H12N2O2. The molecule has 0 saturated carbocycles. The van der Waals surface area contributed by atoms with Gasteiger partial charge in [0.15, 0.2) is 0 Å². The molecule has 1 amide bonds. The van der Waals surface area contributed by atoms with Crippen LogP contribution in [0.15, 0.2) is 48.7 Å². The van der Waals surface area contributed by atoms with E-state index < -0.39 is 0 Å². The zero-order chi connectivity index (χ0) is 12.1. The summed E-state index contributed by atoms with van der Waals surface area (Å²) in [6.07, 6.45) is 1.80. The number of carbonyl (C=O) groups is 1. The molecule has 1 heterocycles. The molecule has 1 aromatic carbocycles. The number of hydrogen-bond acceptors (Lipinski definition) is 3. The van der Waals surface area contributed by atoms with Crippen molar-refractivity contribution in [3.63, 3.8) is 0 Å². The Kier molecular flexibility index (Phi) is 3.35. The first-order chi connectivity index (χ1) is 8.25. The molecule has 0 aliphatic rings. The summed E-state index contributed by atoms with van der Waals surface area (Å²) < 4.78 is 5.59. The zero-order valence-electron chi connectivity index (χ0n) is 9.17. The summed E-state index contributed by atoms with van der Waals surface area (Å²) in [5, 5.41) is 0. The average Bonchev–Trinajstić information content (AvgIpc) is 2.32. The van der Waals surface area contributed by atoms with Gasteiger partial charge in [0.2, 0.25) is 11.8 Å². The Morgan fingerprint density at radius 2 is 1.94 bits per heavy atom. The number of rotatable bonds is 4. The van der Waals surface area contributed by atoms with Gasteiger partial charge in [-0.05, 0) is 12.1 Å². The van der Waals surface area contributed by atoms with E-state index in [-0.39, 0.29) is 12.3 Å². The Morgan fingerprint density at radius 3 is 2.65 bits per heavy atom. The van der Waals surface area contributed by atoms with Gasteiger partial charge in [0, 0.05) is 17.8 Å². The first-order valence-electron chi connectivity index (χ1n) is 5.21. The number of aromatic nitrogens is 1. The molecule has 1 aromatic heterocycles. The molecule has 2 rings (SSSR count). The maximum absolute atomic E-state index is 10.9. The molecule has 4 heteroatoms. The Morgan fingerprint density at radius 1 is 1.18 bits per heavy atom. The van der Waals surface area contributed by atoms with Crippen LogP contribution in [0.1, 0.15) is 5.56 Å². The van der Waals surface area contributed by atoms with Gasteiger partial charge in [-0.15, -0.1) is 0 Å². The van der Waals surface area contributed by atoms with Crippen molar-refractivity contribution in [3.05, 3.63) is 54.2 Å². The Balaban J connectivity index is 2.23. The molecule has 0 aliphatic carbocycles. The van der Waals surface area contributed by atoms with E-state index in [1.807, 2.05) is 30.3 Å². The molecule has 0 spiro atoms. The lowest BCUT2D eigenvalue weighted by Crippen LogP contribution is -2.14. The fourth-order valence-electron chi connectivity index (χ4n) is 1.46. The van der Waals surface area contributed by atoms with Gasteiger partial charge in [0.1, 0.15) is 5.75 Å². The van der Waals surface area contributed by atoms with Crippen molar-refractivity contribution < 1.29 is 9.53 Å². The molecule has 2 N–H and O–H groups in total. The summed E-state index contributed by atoms with van der Waals surface area (Å²) in [4.78, 5) is 15.0. The van der Waals surface area contributed by atoms with E-state index in [0.717, 1.165) is 5.56 Å². The van der Waals surface area contributed by atoms with E-state index in [2.05, 4.69) is 4.98 Å². The quantitative estimate of drug-likeness (QED) is 0.869. The smallest absolute Gasteiger partial charge is 0.221 e. The second kappa shape index (κ2) is 5.12. The highest BCUT2D eigenvalue weighted by molar-refractivity contribution is 5.77. The van der Waals surface area contributed by atoms with Crippen LogP contribution in [-0.4, -0.2) is 10.9 Å². The monoisotopic (exact) mass is 228 g/mol. The lowest BCUT2D eigenvalue weighted by Gasteiger charge is -2.08. The van der Waals surface area contributed by atoms with Crippen LogP contribution < -0.4 is 10.5 Å². The van der Waals surface area contributed by atoms with Crippen LogP contribution in [0, 0.1) is 0 Å². The minimum atomic E-state index is -0.387. The van der Waals surface area contributed by atoms with Crippen LogP contribution in [0.5, 0.6) is 11.6 Å². The van der Waals surface area contributed by atoms with E-state index in [1.165, 1.54) is 0 Å². The van der Waals surface area contributed by atoms with Crippen molar-refractivity contribution >= 4 is 5.91 Å². The molecule has 0 bridgehead atoms. The second-order valence-corrected chi connectivity index (χ2v) is 3.52. The van der Waals surface area contributed by atoms with Gasteiger partial charge < -0.3 is 10.5 Å². The third-order valence-corrected chi connectivity index (χ3v) is 2.19. The van der Waals surface area contributed by atoms with Crippen LogP contribution in [0.2, 0.25) is 0 Å². The fraction of sp³-hybridized carbons (Fsp3) is 0.0769. The third-order valence-electron chi connectivity index (χ3n) is 2.19. The van der Waals surface area contributed by atoms with Crippen LogP contribution in [0.4, 0.5) is 0 Å². The molecule has 4 nitrogen and oxygen atoms in total. The van der Waals surface area contributed by atoms with E-state index in [0.29, 0.717) is 11.6 Å². The van der Waals surface area contributed by atoms with Crippen LogP contribution >= 0.6 is 0 Å². The molecule has 86 valence electrons. The summed E-state index contributed by atoms with van der Waals surface area (Å²) in [6.45, 7) is 0. The minimum Gasteiger partial charge on any atom is -0.439 e. The molecule has 0 aliphatic heterocycles. The SMILES string of the molecule is NC(=O)Cc1ccccc1Oc1ccccn1. The van der Waals surface area contributed by atoms with Crippen molar-refractivity contribution in [1.82, 2.24) is 4.98 Å². The van der Waals surface area contributed by atoms with E-state index in [4.69, 9.17) is 10.5 Å². The largest absolute Gasteiger partial charge is 0.439 e. The number of pyridine rings is 1. The Bertz CT molecular complexity index is 512. The number of benzene rings is 1. The van der Waals surface area contributed by atoms with Gasteiger partial charge in [-0.2, -0.15) is 0 Å². The zero-order valence-corrected chi connectivity index (χ0v) is 9.17. The van der Waals surface area contributed by atoms with Gasteiger partial charge in [0.25, 0.3) is 0 Å². The Hall–Kier alpha value is -2.36. The first-order valence-corrected chi connectivity index (χ1v) is 5.21. The molecular weight excluding hydrogens is 216 g/mol. The van der Waals surface area contributed by atoms with Crippen molar-refractivity contribution in [1.29, 1.82) is 0 Å². The van der Waals surface area contributed by atoms with E-state index in [1.54, 1.807) is 18.3 Å². The molecule has 17 heavy (non-hydrogen) atoms. The topological polar surface area (TPSA) is 65.2 Å². The summed E-state index contributed by atoms with van der Waals surface area (Å²) in [7, 11) is 0. The number of primary amides is 1. The number of para-hydroxylation sites is 1. The van der Waals surface area contributed by atoms with E-state index >= 15 is 0 Å². The lowest BCUT2D eigenvalue weighted by molar-refractivity contribution is -0.117. The van der Waals surface area contributed by atoms with Gasteiger partial charge in [-0.25, -0.2) is 4.98 Å². The van der Waals surface area contributed by atoms with Gasteiger partial charge >= 0.3 is 0 Å². The van der Waals surface area contributed by atoms with Crippen molar-refractivity contribution in [2.24, 2.45) is 5.73 Å². The standard InChI is InChI=1S/C13H12N2O2/c14-12(16)9-10-5-1-2-6-11(10)17-13-7-3-4-8-15-13/h1-8H,9H2,(H2,14,16). The van der Waals surface area contributed by atoms with Crippen LogP contribution in [-0.2, 0) is 11.2 Å². The van der Waals surface area contributed by atoms with Crippen molar-refractivity contribution in [2.45, 2.75) is 6.42 Å². The number of carbonyl (C=O) groups excluding carboxylic acids is 1.